The standard InChI is InChI=1S/C19H20FNO4/c1-5-13-10(3)11(4)15(18(22)23)17(16(13)19(24)25)21-14-7-6-12(20)8-9(14)2/h6-8,21H,5H2,1-4H3,(H,22,23)(H,24,25). The van der Waals surface area contributed by atoms with Gasteiger partial charge in [-0.2, -0.15) is 0 Å². The molecule has 0 fully saturated rings. The Morgan fingerprint density at radius 2 is 1.64 bits per heavy atom. The monoisotopic (exact) mass is 345 g/mol. The minimum atomic E-state index is -1.21. The van der Waals surface area contributed by atoms with E-state index in [-0.39, 0.29) is 16.8 Å². The summed E-state index contributed by atoms with van der Waals surface area (Å²) in [4.78, 5) is 23.7. The van der Waals surface area contributed by atoms with Gasteiger partial charge in [0.2, 0.25) is 0 Å². The fourth-order valence-corrected chi connectivity index (χ4v) is 3.04. The molecule has 0 aliphatic rings. The number of carboxylic acids is 2. The van der Waals surface area contributed by atoms with Gasteiger partial charge in [0.05, 0.1) is 16.8 Å². The van der Waals surface area contributed by atoms with Crippen molar-refractivity contribution in [2.45, 2.75) is 34.1 Å². The second-order valence-electron chi connectivity index (χ2n) is 5.90. The third kappa shape index (κ3) is 3.33. The van der Waals surface area contributed by atoms with Gasteiger partial charge in [-0.25, -0.2) is 14.0 Å². The lowest BCUT2D eigenvalue weighted by Gasteiger charge is -2.21. The number of halogens is 1. The second kappa shape index (κ2) is 6.93. The molecule has 6 heteroatoms. The summed E-state index contributed by atoms with van der Waals surface area (Å²) in [6.07, 6.45) is 0.450. The number of rotatable bonds is 5. The average Bonchev–Trinajstić information content (AvgIpc) is 2.52. The van der Waals surface area contributed by atoms with E-state index in [4.69, 9.17) is 0 Å². The molecular formula is C19H20FNO4. The Labute approximate surface area is 145 Å². The topological polar surface area (TPSA) is 86.6 Å². The van der Waals surface area contributed by atoms with Gasteiger partial charge >= 0.3 is 11.9 Å². The SMILES string of the molecule is CCc1c(C)c(C)c(C(=O)O)c(Nc2ccc(F)cc2C)c1C(=O)O. The van der Waals surface area contributed by atoms with Gasteiger partial charge in [-0.15, -0.1) is 0 Å². The fraction of sp³-hybridized carbons (Fsp3) is 0.263. The molecule has 0 saturated heterocycles. The molecule has 3 N–H and O–H groups in total. The summed E-state index contributed by atoms with van der Waals surface area (Å²) in [6, 6.07) is 3.99. The number of aromatic carboxylic acids is 2. The van der Waals surface area contributed by atoms with Crippen molar-refractivity contribution >= 4 is 23.3 Å². The summed E-state index contributed by atoms with van der Waals surface area (Å²) in [5.41, 5.74) is 2.62. The molecule has 0 spiro atoms. The van der Waals surface area contributed by atoms with Crippen LogP contribution in [0.5, 0.6) is 0 Å². The number of nitrogens with one attached hydrogen (secondary N) is 1. The molecule has 2 rings (SSSR count). The normalized spacial score (nSPS) is 10.6. The molecule has 132 valence electrons. The van der Waals surface area contributed by atoms with E-state index in [1.165, 1.54) is 18.2 Å². The van der Waals surface area contributed by atoms with E-state index >= 15 is 0 Å². The molecule has 25 heavy (non-hydrogen) atoms. The molecule has 5 nitrogen and oxygen atoms in total. The zero-order valence-corrected chi connectivity index (χ0v) is 14.5. The van der Waals surface area contributed by atoms with Gasteiger partial charge < -0.3 is 15.5 Å². The summed E-state index contributed by atoms with van der Waals surface area (Å²) < 4.78 is 13.3. The predicted octanol–water partition coefficient (Wildman–Crippen LogP) is 4.45. The van der Waals surface area contributed by atoms with Gasteiger partial charge in [0.25, 0.3) is 0 Å². The van der Waals surface area contributed by atoms with E-state index < -0.39 is 17.8 Å². The summed E-state index contributed by atoms with van der Waals surface area (Å²) in [5, 5.41) is 22.3. The van der Waals surface area contributed by atoms with Crippen molar-refractivity contribution in [3.8, 4) is 0 Å². The highest BCUT2D eigenvalue weighted by atomic mass is 19.1. The van der Waals surface area contributed by atoms with Crippen LogP contribution in [-0.2, 0) is 6.42 Å². The number of benzene rings is 2. The van der Waals surface area contributed by atoms with Crippen molar-refractivity contribution in [3.63, 3.8) is 0 Å². The molecule has 0 saturated carbocycles. The zero-order valence-electron chi connectivity index (χ0n) is 14.5. The lowest BCUT2D eigenvalue weighted by molar-refractivity contribution is 0.0695. The third-order valence-electron chi connectivity index (χ3n) is 4.42. The maximum Gasteiger partial charge on any atom is 0.338 e. The summed E-state index contributed by atoms with van der Waals surface area (Å²) in [5.74, 6) is -2.84. The predicted molar refractivity (Wildman–Crippen MR) is 93.6 cm³/mol. The first-order valence-electron chi connectivity index (χ1n) is 7.84. The maximum atomic E-state index is 13.3. The van der Waals surface area contributed by atoms with Gasteiger partial charge in [0.1, 0.15) is 5.82 Å². The van der Waals surface area contributed by atoms with Crippen LogP contribution in [0.15, 0.2) is 18.2 Å². The summed E-state index contributed by atoms with van der Waals surface area (Å²) in [6.45, 7) is 6.86. The van der Waals surface area contributed by atoms with Crippen LogP contribution in [0.4, 0.5) is 15.8 Å². The van der Waals surface area contributed by atoms with E-state index in [1.807, 2.05) is 6.92 Å². The van der Waals surface area contributed by atoms with Crippen molar-refractivity contribution in [2.24, 2.45) is 0 Å². The Balaban J connectivity index is 2.83. The summed E-state index contributed by atoms with van der Waals surface area (Å²) >= 11 is 0. The third-order valence-corrected chi connectivity index (χ3v) is 4.42. The highest BCUT2D eigenvalue weighted by Crippen LogP contribution is 2.35. The second-order valence-corrected chi connectivity index (χ2v) is 5.90. The molecule has 0 atom stereocenters. The molecule has 2 aromatic rings. The molecular weight excluding hydrogens is 325 g/mol. The molecule has 0 bridgehead atoms. The highest BCUT2D eigenvalue weighted by molar-refractivity contribution is 6.07. The highest BCUT2D eigenvalue weighted by Gasteiger charge is 2.27. The molecule has 0 unspecified atom stereocenters. The van der Waals surface area contributed by atoms with E-state index in [9.17, 15) is 24.2 Å². The van der Waals surface area contributed by atoms with Crippen LogP contribution >= 0.6 is 0 Å². The van der Waals surface area contributed by atoms with Crippen LogP contribution in [0.25, 0.3) is 0 Å². The largest absolute Gasteiger partial charge is 0.478 e. The number of hydrogen-bond donors (Lipinski definition) is 3. The first-order chi connectivity index (χ1) is 11.7. The minimum Gasteiger partial charge on any atom is -0.478 e. The molecule has 2 aromatic carbocycles. The maximum absolute atomic E-state index is 13.3. The Bertz CT molecular complexity index is 874. The van der Waals surface area contributed by atoms with Gasteiger partial charge in [-0.3, -0.25) is 0 Å². The average molecular weight is 345 g/mol. The fourth-order valence-electron chi connectivity index (χ4n) is 3.04. The molecule has 0 aliphatic carbocycles. The van der Waals surface area contributed by atoms with Crippen molar-refractivity contribution in [2.75, 3.05) is 5.32 Å². The van der Waals surface area contributed by atoms with E-state index in [0.717, 1.165) is 0 Å². The van der Waals surface area contributed by atoms with Crippen molar-refractivity contribution in [1.82, 2.24) is 0 Å². The molecule has 0 amide bonds. The first-order valence-corrected chi connectivity index (χ1v) is 7.84. The van der Waals surface area contributed by atoms with Gasteiger partial charge in [-0.05, 0) is 67.6 Å². The molecule has 0 aliphatic heterocycles. The molecule has 0 aromatic heterocycles. The van der Waals surface area contributed by atoms with Crippen LogP contribution in [0, 0.1) is 26.6 Å². The molecule has 0 radical (unpaired) electrons. The number of carbonyl (C=O) groups is 2. The van der Waals surface area contributed by atoms with Crippen LogP contribution in [0.1, 0.15) is 49.9 Å². The van der Waals surface area contributed by atoms with Crippen molar-refractivity contribution < 1.29 is 24.2 Å². The Morgan fingerprint density at radius 1 is 1.04 bits per heavy atom. The first kappa shape index (κ1) is 18.4. The van der Waals surface area contributed by atoms with Crippen LogP contribution in [0.2, 0.25) is 0 Å². The minimum absolute atomic E-state index is 0.0228. The van der Waals surface area contributed by atoms with Gasteiger partial charge in [0, 0.05) is 5.69 Å². The van der Waals surface area contributed by atoms with E-state index in [2.05, 4.69) is 5.32 Å². The van der Waals surface area contributed by atoms with Crippen LogP contribution in [0.3, 0.4) is 0 Å². The number of hydrogen-bond acceptors (Lipinski definition) is 3. The van der Waals surface area contributed by atoms with Crippen molar-refractivity contribution in [3.05, 3.63) is 57.4 Å². The zero-order chi connectivity index (χ0) is 18.9. The Kier molecular flexibility index (Phi) is 5.11. The number of aryl methyl sites for hydroxylation is 1. The quantitative estimate of drug-likeness (QED) is 0.745. The number of carboxylic acid groups (broad SMARTS) is 2. The summed E-state index contributed by atoms with van der Waals surface area (Å²) in [7, 11) is 0. The Hall–Kier alpha value is -2.89. The lowest BCUT2D eigenvalue weighted by Crippen LogP contribution is -2.16. The van der Waals surface area contributed by atoms with Gasteiger partial charge in [-0.1, -0.05) is 6.92 Å². The smallest absolute Gasteiger partial charge is 0.338 e. The number of anilines is 2. The van der Waals surface area contributed by atoms with E-state index in [0.29, 0.717) is 34.4 Å². The van der Waals surface area contributed by atoms with Gasteiger partial charge in [0.15, 0.2) is 0 Å². The Morgan fingerprint density at radius 3 is 2.12 bits per heavy atom. The van der Waals surface area contributed by atoms with Crippen LogP contribution < -0.4 is 5.32 Å². The molecule has 0 heterocycles. The van der Waals surface area contributed by atoms with Crippen LogP contribution in [-0.4, -0.2) is 22.2 Å². The van der Waals surface area contributed by atoms with Crippen molar-refractivity contribution in [1.29, 1.82) is 0 Å². The van der Waals surface area contributed by atoms with E-state index in [1.54, 1.807) is 20.8 Å². The lowest BCUT2D eigenvalue weighted by atomic mass is 9.89.